The standard InChI is InChI=1S/C20H36N2O7.2Na/c1-2-3-4-5-6-7-8-9-10-11-19(27)29-20(28)16-22(15-18(25)26)13-12-21-14-17(23)24;;/h21H,2-16H2,1H3,(H,23,24)(H,25,26);;/q;2*+1/p-2. The summed E-state index contributed by atoms with van der Waals surface area (Å²) in [7, 11) is 0. The first-order valence-electron chi connectivity index (χ1n) is 10.4. The molecular formula is C20H34N2Na2O7. The summed E-state index contributed by atoms with van der Waals surface area (Å²) in [5.41, 5.74) is 0. The Bertz CT molecular complexity index is 508. The van der Waals surface area contributed by atoms with Crippen LogP contribution in [0, 0.1) is 0 Å². The molecule has 0 aliphatic rings. The molecule has 31 heavy (non-hydrogen) atoms. The number of unbranched alkanes of at least 4 members (excludes halogenated alkanes) is 8. The molecule has 0 spiro atoms. The third kappa shape index (κ3) is 26.1. The molecule has 0 saturated heterocycles. The van der Waals surface area contributed by atoms with Crippen LogP contribution in [0.4, 0.5) is 0 Å². The van der Waals surface area contributed by atoms with Crippen molar-refractivity contribution in [3.63, 3.8) is 0 Å². The Morgan fingerprint density at radius 3 is 1.84 bits per heavy atom. The van der Waals surface area contributed by atoms with Crippen molar-refractivity contribution in [1.82, 2.24) is 10.2 Å². The molecule has 0 saturated carbocycles. The summed E-state index contributed by atoms with van der Waals surface area (Å²) < 4.78 is 4.72. The van der Waals surface area contributed by atoms with Crippen LogP contribution in [0.1, 0.15) is 71.1 Å². The fourth-order valence-corrected chi connectivity index (χ4v) is 2.80. The molecule has 0 radical (unpaired) electrons. The maximum Gasteiger partial charge on any atom is 1.00 e. The number of carboxylic acid groups (broad SMARTS) is 2. The Balaban J connectivity index is -0.00000392. The van der Waals surface area contributed by atoms with Gasteiger partial charge < -0.3 is 29.9 Å². The van der Waals surface area contributed by atoms with Gasteiger partial charge in [-0.2, -0.15) is 0 Å². The van der Waals surface area contributed by atoms with E-state index in [1.54, 1.807) is 0 Å². The van der Waals surface area contributed by atoms with Gasteiger partial charge in [0.1, 0.15) is 0 Å². The summed E-state index contributed by atoms with van der Waals surface area (Å²) in [4.78, 5) is 45.8. The van der Waals surface area contributed by atoms with E-state index in [1.807, 2.05) is 0 Å². The fourth-order valence-electron chi connectivity index (χ4n) is 2.80. The van der Waals surface area contributed by atoms with Gasteiger partial charge in [-0.05, 0) is 6.42 Å². The zero-order valence-corrected chi connectivity index (χ0v) is 23.4. The van der Waals surface area contributed by atoms with Crippen molar-refractivity contribution in [3.05, 3.63) is 0 Å². The minimum atomic E-state index is -1.39. The number of hydrogen-bond acceptors (Lipinski definition) is 9. The monoisotopic (exact) mass is 460 g/mol. The smallest absolute Gasteiger partial charge is 0.549 e. The molecule has 9 nitrogen and oxygen atoms in total. The molecule has 0 bridgehead atoms. The van der Waals surface area contributed by atoms with Crippen molar-refractivity contribution >= 4 is 23.9 Å². The van der Waals surface area contributed by atoms with Crippen LogP contribution in [0.5, 0.6) is 0 Å². The maximum atomic E-state index is 11.8. The summed E-state index contributed by atoms with van der Waals surface area (Å²) in [5.74, 6) is -4.15. The number of ether oxygens (including phenoxy) is 1. The SMILES string of the molecule is CCCCCCCCCCCC(=O)OC(=O)CN(CCNCC(=O)[O-])CC(=O)[O-].[Na+].[Na+]. The van der Waals surface area contributed by atoms with Gasteiger partial charge >= 0.3 is 71.1 Å². The number of hydrogen-bond donors (Lipinski definition) is 1. The van der Waals surface area contributed by atoms with E-state index < -0.39 is 37.0 Å². The van der Waals surface area contributed by atoms with Crippen LogP contribution in [0.25, 0.3) is 0 Å². The van der Waals surface area contributed by atoms with Gasteiger partial charge in [0, 0.05) is 32.6 Å². The number of aliphatic carboxylic acids is 2. The second-order valence-electron chi connectivity index (χ2n) is 7.06. The van der Waals surface area contributed by atoms with Crippen molar-refractivity contribution in [2.24, 2.45) is 0 Å². The van der Waals surface area contributed by atoms with Crippen molar-refractivity contribution in [1.29, 1.82) is 0 Å². The van der Waals surface area contributed by atoms with E-state index in [4.69, 9.17) is 4.74 Å². The van der Waals surface area contributed by atoms with E-state index >= 15 is 0 Å². The number of carboxylic acids is 2. The van der Waals surface area contributed by atoms with E-state index in [0.717, 1.165) is 19.3 Å². The molecule has 0 fully saturated rings. The average Bonchev–Trinajstić information content (AvgIpc) is 2.63. The largest absolute Gasteiger partial charge is 1.00 e. The maximum absolute atomic E-state index is 11.8. The zero-order chi connectivity index (χ0) is 21.9. The van der Waals surface area contributed by atoms with E-state index in [1.165, 1.54) is 37.0 Å². The zero-order valence-electron chi connectivity index (χ0n) is 19.4. The van der Waals surface area contributed by atoms with Gasteiger partial charge in [0.2, 0.25) is 0 Å². The van der Waals surface area contributed by atoms with E-state index in [2.05, 4.69) is 12.2 Å². The molecule has 0 rings (SSSR count). The van der Waals surface area contributed by atoms with Gasteiger partial charge in [-0.15, -0.1) is 0 Å². The number of carbonyl (C=O) groups is 4. The number of esters is 2. The quantitative estimate of drug-likeness (QED) is 0.0862. The van der Waals surface area contributed by atoms with E-state index in [0.29, 0.717) is 6.42 Å². The first-order valence-corrected chi connectivity index (χ1v) is 10.4. The predicted octanol–water partition coefficient (Wildman–Crippen LogP) is -6.62. The van der Waals surface area contributed by atoms with Gasteiger partial charge in [-0.25, -0.2) is 0 Å². The Kier molecular flexibility index (Phi) is 28.3. The van der Waals surface area contributed by atoms with Gasteiger partial charge in [-0.1, -0.05) is 58.3 Å². The van der Waals surface area contributed by atoms with Crippen LogP contribution in [0.15, 0.2) is 0 Å². The number of rotatable bonds is 19. The van der Waals surface area contributed by atoms with Crippen LogP contribution in [-0.2, 0) is 23.9 Å². The van der Waals surface area contributed by atoms with Crippen LogP contribution in [-0.4, -0.2) is 61.5 Å². The molecule has 0 heterocycles. The Hall–Kier alpha value is 0. The summed E-state index contributed by atoms with van der Waals surface area (Å²) in [6.45, 7) is 1.06. The van der Waals surface area contributed by atoms with Gasteiger partial charge in [0.05, 0.1) is 18.5 Å². The van der Waals surface area contributed by atoms with E-state index in [9.17, 15) is 29.4 Å². The normalized spacial score (nSPS) is 10.1. The topological polar surface area (TPSA) is 139 Å². The molecule has 0 unspecified atom stereocenters. The van der Waals surface area contributed by atoms with Crippen molar-refractivity contribution in [2.45, 2.75) is 71.1 Å². The first-order chi connectivity index (χ1) is 13.8. The van der Waals surface area contributed by atoms with Crippen LogP contribution < -0.4 is 74.6 Å². The van der Waals surface area contributed by atoms with Gasteiger partial charge in [0.25, 0.3) is 0 Å². The Morgan fingerprint density at radius 2 is 1.32 bits per heavy atom. The van der Waals surface area contributed by atoms with Gasteiger partial charge in [-0.3, -0.25) is 14.5 Å². The van der Waals surface area contributed by atoms with Crippen molar-refractivity contribution < 1.29 is 93.2 Å². The minimum absolute atomic E-state index is 0. The predicted molar refractivity (Wildman–Crippen MR) is 102 cm³/mol. The number of nitrogens with one attached hydrogen (secondary N) is 1. The van der Waals surface area contributed by atoms with Crippen LogP contribution in [0.3, 0.4) is 0 Å². The Labute approximate surface area is 229 Å². The van der Waals surface area contributed by atoms with Crippen LogP contribution >= 0.6 is 0 Å². The summed E-state index contributed by atoms with van der Waals surface area (Å²) in [6.07, 6.45) is 10.1. The van der Waals surface area contributed by atoms with Crippen molar-refractivity contribution in [3.8, 4) is 0 Å². The third-order valence-electron chi connectivity index (χ3n) is 4.29. The third-order valence-corrected chi connectivity index (χ3v) is 4.29. The molecule has 0 aromatic heterocycles. The molecule has 0 aromatic carbocycles. The van der Waals surface area contributed by atoms with E-state index in [-0.39, 0.29) is 85.2 Å². The molecule has 0 aliphatic heterocycles. The molecule has 11 heteroatoms. The molecule has 0 aromatic rings. The van der Waals surface area contributed by atoms with Crippen molar-refractivity contribution in [2.75, 3.05) is 32.7 Å². The second-order valence-corrected chi connectivity index (χ2v) is 7.06. The second kappa shape index (κ2) is 24.6. The van der Waals surface area contributed by atoms with Crippen LogP contribution in [0.2, 0.25) is 0 Å². The summed E-state index contributed by atoms with van der Waals surface area (Å²) in [6, 6.07) is 0. The Morgan fingerprint density at radius 1 is 0.774 bits per heavy atom. The minimum Gasteiger partial charge on any atom is -0.549 e. The fraction of sp³-hybridized carbons (Fsp3) is 0.800. The molecule has 0 aliphatic carbocycles. The molecular weight excluding hydrogens is 426 g/mol. The number of carbonyl (C=O) groups excluding carboxylic acids is 4. The summed E-state index contributed by atoms with van der Waals surface area (Å²) in [5, 5.41) is 23.6. The molecule has 0 amide bonds. The molecule has 1 N–H and O–H groups in total. The average molecular weight is 460 g/mol. The first kappa shape index (κ1) is 35.6. The number of nitrogens with zero attached hydrogens (tertiary/aromatic N) is 1. The molecule has 0 atom stereocenters. The summed E-state index contributed by atoms with van der Waals surface area (Å²) >= 11 is 0. The van der Waals surface area contributed by atoms with Gasteiger partial charge in [0.15, 0.2) is 0 Å². The molecule has 168 valence electrons.